The average Bonchev–Trinajstić information content (AvgIpc) is 2.20. The summed E-state index contributed by atoms with van der Waals surface area (Å²) in [5.74, 6) is -0.289. The maximum absolute atomic E-state index is 10.7. The van der Waals surface area contributed by atoms with Gasteiger partial charge in [-0.25, -0.2) is 0 Å². The van der Waals surface area contributed by atoms with Crippen LogP contribution in [0.4, 0.5) is 0 Å². The Hall–Kier alpha value is -1.55. The van der Waals surface area contributed by atoms with E-state index in [1.54, 1.807) is 6.07 Å². The first kappa shape index (κ1) is 11.0. The van der Waals surface area contributed by atoms with E-state index in [0.717, 1.165) is 11.1 Å². The summed E-state index contributed by atoms with van der Waals surface area (Å²) in [6.45, 7) is 3.84. The van der Waals surface area contributed by atoms with Crippen molar-refractivity contribution in [2.45, 2.75) is 31.8 Å². The molecule has 0 unspecified atom stereocenters. The third kappa shape index (κ3) is 1.65. The molecule has 0 aromatic heterocycles. The largest absolute Gasteiger partial charge is 0.504 e. The number of rotatable bonds is 1. The zero-order chi connectivity index (χ0) is 11.9. The van der Waals surface area contributed by atoms with Crippen LogP contribution in [-0.2, 0) is 16.8 Å². The zero-order valence-electron chi connectivity index (χ0n) is 9.24. The van der Waals surface area contributed by atoms with Gasteiger partial charge in [0.2, 0.25) is 6.29 Å². The molecule has 0 spiro atoms. The summed E-state index contributed by atoms with van der Waals surface area (Å²) >= 11 is 0. The normalized spacial score (nSPS) is 22.5. The Labute approximate surface area is 93.9 Å². The van der Waals surface area contributed by atoms with Gasteiger partial charge in [0.15, 0.2) is 11.5 Å². The molecule has 0 saturated carbocycles. The lowest BCUT2D eigenvalue weighted by atomic mass is 9.82. The Kier molecular flexibility index (Phi) is 2.39. The molecule has 3 N–H and O–H groups in total. The Bertz CT molecular complexity index is 440. The van der Waals surface area contributed by atoms with E-state index in [1.807, 2.05) is 20.1 Å². The van der Waals surface area contributed by atoms with Gasteiger partial charge in [0.25, 0.3) is 0 Å². The summed E-state index contributed by atoms with van der Waals surface area (Å²) in [7, 11) is 0. The highest BCUT2D eigenvalue weighted by atomic mass is 16.3. The van der Waals surface area contributed by atoms with Gasteiger partial charge in [-0.15, -0.1) is 0 Å². The fourth-order valence-electron chi connectivity index (χ4n) is 2.23. The van der Waals surface area contributed by atoms with Gasteiger partial charge in [0, 0.05) is 5.54 Å². The van der Waals surface area contributed by atoms with Crippen molar-refractivity contribution < 1.29 is 15.0 Å². The molecule has 1 aromatic rings. The molecule has 1 aliphatic heterocycles. The predicted molar refractivity (Wildman–Crippen MR) is 59.1 cm³/mol. The second kappa shape index (κ2) is 3.49. The van der Waals surface area contributed by atoms with E-state index in [2.05, 4.69) is 5.32 Å². The SMILES string of the molecule is CC1(C)N[C@H]([C]=O)Cc2cc(O)c(O)cc21. The zero-order valence-corrected chi connectivity index (χ0v) is 9.24. The summed E-state index contributed by atoms with van der Waals surface area (Å²) in [5, 5.41) is 22.0. The molecule has 0 amide bonds. The fraction of sp³-hybridized carbons (Fsp3) is 0.417. The Morgan fingerprint density at radius 1 is 1.38 bits per heavy atom. The van der Waals surface area contributed by atoms with Crippen LogP contribution >= 0.6 is 0 Å². The van der Waals surface area contributed by atoms with E-state index < -0.39 is 5.54 Å². The van der Waals surface area contributed by atoms with Crippen LogP contribution < -0.4 is 5.32 Å². The predicted octanol–water partition coefficient (Wildman–Crippen LogP) is 0.957. The molecule has 0 bridgehead atoms. The van der Waals surface area contributed by atoms with Crippen molar-refractivity contribution in [3.05, 3.63) is 23.3 Å². The highest BCUT2D eigenvalue weighted by Crippen LogP contribution is 2.37. The molecule has 1 radical (unpaired) electrons. The Morgan fingerprint density at radius 2 is 2.00 bits per heavy atom. The quantitative estimate of drug-likeness (QED) is 0.616. The highest BCUT2D eigenvalue weighted by Gasteiger charge is 2.33. The van der Waals surface area contributed by atoms with Crippen LogP contribution in [0.1, 0.15) is 25.0 Å². The summed E-state index contributed by atoms with van der Waals surface area (Å²) in [4.78, 5) is 10.7. The smallest absolute Gasteiger partial charge is 0.217 e. The molecule has 1 heterocycles. The molecule has 85 valence electrons. The molecule has 16 heavy (non-hydrogen) atoms. The van der Waals surface area contributed by atoms with Gasteiger partial charge in [0.05, 0.1) is 6.04 Å². The van der Waals surface area contributed by atoms with Gasteiger partial charge in [-0.3, -0.25) is 10.1 Å². The van der Waals surface area contributed by atoms with Crippen LogP contribution in [0, 0.1) is 0 Å². The van der Waals surface area contributed by atoms with Crippen molar-refractivity contribution in [1.29, 1.82) is 0 Å². The molecule has 0 saturated heterocycles. The van der Waals surface area contributed by atoms with Gasteiger partial charge >= 0.3 is 0 Å². The monoisotopic (exact) mass is 220 g/mol. The van der Waals surface area contributed by atoms with Crippen molar-refractivity contribution in [3.8, 4) is 11.5 Å². The summed E-state index contributed by atoms with van der Waals surface area (Å²) in [5.41, 5.74) is 1.35. The summed E-state index contributed by atoms with van der Waals surface area (Å²) in [6, 6.07) is 2.68. The number of phenols is 2. The van der Waals surface area contributed by atoms with Crippen molar-refractivity contribution in [1.82, 2.24) is 5.32 Å². The summed E-state index contributed by atoms with van der Waals surface area (Å²) in [6.07, 6.45) is 2.41. The van der Waals surface area contributed by atoms with Crippen molar-refractivity contribution in [2.24, 2.45) is 0 Å². The lowest BCUT2D eigenvalue weighted by Crippen LogP contribution is -2.49. The second-order valence-corrected chi connectivity index (χ2v) is 4.64. The van der Waals surface area contributed by atoms with Crippen molar-refractivity contribution in [3.63, 3.8) is 0 Å². The molecule has 1 atom stereocenters. The van der Waals surface area contributed by atoms with Gasteiger partial charge < -0.3 is 10.2 Å². The first-order valence-electron chi connectivity index (χ1n) is 5.15. The van der Waals surface area contributed by atoms with E-state index in [0.29, 0.717) is 6.42 Å². The molecular weight excluding hydrogens is 206 g/mol. The average molecular weight is 220 g/mol. The number of hydrogen-bond donors (Lipinski definition) is 3. The van der Waals surface area contributed by atoms with E-state index in [1.165, 1.54) is 6.07 Å². The number of phenolic OH excluding ortho intramolecular Hbond substituents is 2. The summed E-state index contributed by atoms with van der Waals surface area (Å²) < 4.78 is 0. The van der Waals surface area contributed by atoms with Crippen LogP contribution in [0.5, 0.6) is 11.5 Å². The maximum Gasteiger partial charge on any atom is 0.217 e. The van der Waals surface area contributed by atoms with Gasteiger partial charge in [-0.1, -0.05) is 0 Å². The lowest BCUT2D eigenvalue weighted by molar-refractivity contribution is 0.339. The topological polar surface area (TPSA) is 69.6 Å². The second-order valence-electron chi connectivity index (χ2n) is 4.64. The molecule has 2 rings (SSSR count). The number of benzene rings is 1. The van der Waals surface area contributed by atoms with Crippen LogP contribution in [0.25, 0.3) is 0 Å². The van der Waals surface area contributed by atoms with Gasteiger partial charge in [-0.2, -0.15) is 0 Å². The number of aromatic hydroxyl groups is 2. The van der Waals surface area contributed by atoms with Crippen molar-refractivity contribution >= 4 is 6.29 Å². The number of fused-ring (bicyclic) bond motifs is 1. The maximum atomic E-state index is 10.7. The van der Waals surface area contributed by atoms with E-state index in [9.17, 15) is 15.0 Å². The van der Waals surface area contributed by atoms with Crippen molar-refractivity contribution in [2.75, 3.05) is 0 Å². The first-order valence-corrected chi connectivity index (χ1v) is 5.15. The molecule has 0 aliphatic carbocycles. The minimum Gasteiger partial charge on any atom is -0.504 e. The molecule has 1 aromatic carbocycles. The van der Waals surface area contributed by atoms with Crippen LogP contribution in [0.15, 0.2) is 12.1 Å². The lowest BCUT2D eigenvalue weighted by Gasteiger charge is -2.37. The standard InChI is InChI=1S/C12H14NO3/c1-12(2)9-5-11(16)10(15)4-7(9)3-8(6-14)13-12/h4-5,8,13,15-16H,3H2,1-2H3/t8-/m0/s1. The molecule has 4 nitrogen and oxygen atoms in total. The van der Waals surface area contributed by atoms with Gasteiger partial charge in [-0.05, 0) is 43.5 Å². The van der Waals surface area contributed by atoms with Gasteiger partial charge in [0.1, 0.15) is 0 Å². The van der Waals surface area contributed by atoms with E-state index in [-0.39, 0.29) is 17.5 Å². The Balaban J connectivity index is 2.55. The molecular formula is C12H14NO3. The number of nitrogens with one attached hydrogen (secondary N) is 1. The number of carbonyl (C=O) groups excluding carboxylic acids is 1. The fourth-order valence-corrected chi connectivity index (χ4v) is 2.23. The van der Waals surface area contributed by atoms with E-state index >= 15 is 0 Å². The minimum absolute atomic E-state index is 0.137. The molecule has 4 heteroatoms. The molecule has 0 fully saturated rings. The first-order chi connectivity index (χ1) is 7.44. The molecule has 1 aliphatic rings. The Morgan fingerprint density at radius 3 is 2.62 bits per heavy atom. The minimum atomic E-state index is -0.416. The van der Waals surface area contributed by atoms with Crippen LogP contribution in [0.3, 0.4) is 0 Å². The van der Waals surface area contributed by atoms with Crippen LogP contribution in [0.2, 0.25) is 0 Å². The number of hydrogen-bond acceptors (Lipinski definition) is 4. The van der Waals surface area contributed by atoms with Crippen LogP contribution in [-0.4, -0.2) is 22.5 Å². The highest BCUT2D eigenvalue weighted by molar-refractivity contribution is 5.62. The van der Waals surface area contributed by atoms with E-state index in [4.69, 9.17) is 0 Å². The third-order valence-corrected chi connectivity index (χ3v) is 2.98. The third-order valence-electron chi connectivity index (χ3n) is 2.98.